The van der Waals surface area contributed by atoms with Gasteiger partial charge in [0.2, 0.25) is 0 Å². The van der Waals surface area contributed by atoms with Crippen LogP contribution in [0.4, 0.5) is 5.82 Å². The molecule has 2 rings (SSSR count). The average molecular weight is 229 g/mol. The van der Waals surface area contributed by atoms with Crippen molar-refractivity contribution in [3.8, 4) is 5.75 Å². The second-order valence-corrected chi connectivity index (χ2v) is 3.24. The van der Waals surface area contributed by atoms with Crippen LogP contribution in [0.5, 0.6) is 5.75 Å². The lowest BCUT2D eigenvalue weighted by Gasteiger charge is -2.08. The number of rotatable bonds is 3. The van der Waals surface area contributed by atoms with Crippen LogP contribution in [0.15, 0.2) is 42.9 Å². The van der Waals surface area contributed by atoms with Gasteiger partial charge in [-0.2, -0.15) is 0 Å². The predicted octanol–water partition coefficient (Wildman–Crippen LogP) is 1.74. The van der Waals surface area contributed by atoms with Gasteiger partial charge in [0.05, 0.1) is 7.11 Å². The molecule has 0 radical (unpaired) electrons. The Balaban J connectivity index is 2.19. The van der Waals surface area contributed by atoms with E-state index in [4.69, 9.17) is 4.74 Å². The molecule has 0 bridgehead atoms. The summed E-state index contributed by atoms with van der Waals surface area (Å²) in [5, 5.41) is 2.67. The van der Waals surface area contributed by atoms with Crippen molar-refractivity contribution in [3.63, 3.8) is 0 Å². The van der Waals surface area contributed by atoms with E-state index in [1.807, 2.05) is 0 Å². The zero-order chi connectivity index (χ0) is 12.1. The number of anilines is 1. The monoisotopic (exact) mass is 229 g/mol. The van der Waals surface area contributed by atoms with Gasteiger partial charge in [-0.25, -0.2) is 4.98 Å². The third kappa shape index (κ3) is 2.57. The van der Waals surface area contributed by atoms with E-state index >= 15 is 0 Å². The van der Waals surface area contributed by atoms with Crippen LogP contribution in [-0.4, -0.2) is 23.0 Å². The molecule has 0 aliphatic rings. The molecule has 0 saturated carbocycles. The quantitative estimate of drug-likeness (QED) is 0.870. The van der Waals surface area contributed by atoms with Crippen LogP contribution in [0, 0.1) is 0 Å². The molecule has 0 aromatic carbocycles. The normalized spacial score (nSPS) is 9.71. The molecule has 1 N–H and O–H groups in total. The lowest BCUT2D eigenvalue weighted by Crippen LogP contribution is -2.13. The van der Waals surface area contributed by atoms with Crippen molar-refractivity contribution in [3.05, 3.63) is 48.4 Å². The van der Waals surface area contributed by atoms with E-state index in [1.165, 1.54) is 7.11 Å². The molecule has 1 amide bonds. The van der Waals surface area contributed by atoms with E-state index in [0.29, 0.717) is 17.1 Å². The highest BCUT2D eigenvalue weighted by Gasteiger charge is 2.09. The lowest BCUT2D eigenvalue weighted by molar-refractivity contribution is 0.102. The van der Waals surface area contributed by atoms with Gasteiger partial charge in [-0.05, 0) is 24.3 Å². The fourth-order valence-electron chi connectivity index (χ4n) is 1.33. The SMILES string of the molecule is COc1cccnc1NC(=O)c1ccncc1. The summed E-state index contributed by atoms with van der Waals surface area (Å²) in [5.41, 5.74) is 0.521. The first-order valence-electron chi connectivity index (χ1n) is 5.01. The lowest BCUT2D eigenvalue weighted by atomic mass is 10.2. The highest BCUT2D eigenvalue weighted by molar-refractivity contribution is 6.04. The Bertz CT molecular complexity index is 514. The molecule has 0 spiro atoms. The van der Waals surface area contributed by atoms with Crippen LogP contribution >= 0.6 is 0 Å². The Morgan fingerprint density at radius 3 is 2.71 bits per heavy atom. The van der Waals surface area contributed by atoms with Crippen molar-refractivity contribution in [2.24, 2.45) is 0 Å². The third-order valence-corrected chi connectivity index (χ3v) is 2.17. The smallest absolute Gasteiger partial charge is 0.257 e. The van der Waals surface area contributed by atoms with Crippen molar-refractivity contribution in [2.45, 2.75) is 0 Å². The first kappa shape index (κ1) is 11.1. The fourth-order valence-corrected chi connectivity index (χ4v) is 1.33. The third-order valence-electron chi connectivity index (χ3n) is 2.17. The summed E-state index contributed by atoms with van der Waals surface area (Å²) in [6.07, 6.45) is 4.71. The van der Waals surface area contributed by atoms with E-state index in [-0.39, 0.29) is 5.91 Å². The molecule has 0 unspecified atom stereocenters. The van der Waals surface area contributed by atoms with Gasteiger partial charge in [-0.1, -0.05) is 0 Å². The second kappa shape index (κ2) is 5.07. The number of amides is 1. The van der Waals surface area contributed by atoms with Crippen molar-refractivity contribution < 1.29 is 9.53 Å². The standard InChI is InChI=1S/C12H11N3O2/c1-17-10-3-2-6-14-11(10)15-12(16)9-4-7-13-8-5-9/h2-8H,1H3,(H,14,15,16). The van der Waals surface area contributed by atoms with Crippen LogP contribution in [0.1, 0.15) is 10.4 Å². The maximum absolute atomic E-state index is 11.8. The van der Waals surface area contributed by atoms with E-state index < -0.39 is 0 Å². The molecule has 0 atom stereocenters. The Labute approximate surface area is 98.5 Å². The van der Waals surface area contributed by atoms with Gasteiger partial charge in [0.25, 0.3) is 5.91 Å². The van der Waals surface area contributed by atoms with E-state index in [1.54, 1.807) is 42.9 Å². The van der Waals surface area contributed by atoms with Gasteiger partial charge < -0.3 is 10.1 Å². The number of nitrogens with one attached hydrogen (secondary N) is 1. The molecule has 2 aromatic rings. The Morgan fingerprint density at radius 1 is 1.24 bits per heavy atom. The summed E-state index contributed by atoms with van der Waals surface area (Å²) < 4.78 is 5.09. The van der Waals surface area contributed by atoms with Crippen molar-refractivity contribution >= 4 is 11.7 Å². The number of ether oxygens (including phenoxy) is 1. The van der Waals surface area contributed by atoms with Gasteiger partial charge >= 0.3 is 0 Å². The molecule has 0 fully saturated rings. The number of methoxy groups -OCH3 is 1. The fraction of sp³-hybridized carbons (Fsp3) is 0.0833. The maximum atomic E-state index is 11.8. The number of hydrogen-bond donors (Lipinski definition) is 1. The molecule has 5 heteroatoms. The van der Waals surface area contributed by atoms with Crippen LogP contribution in [0.2, 0.25) is 0 Å². The zero-order valence-electron chi connectivity index (χ0n) is 9.25. The molecule has 5 nitrogen and oxygen atoms in total. The first-order valence-corrected chi connectivity index (χ1v) is 5.01. The summed E-state index contributed by atoms with van der Waals surface area (Å²) in [5.74, 6) is 0.677. The number of hydrogen-bond acceptors (Lipinski definition) is 4. The minimum Gasteiger partial charge on any atom is -0.493 e. The molecule has 86 valence electrons. The van der Waals surface area contributed by atoms with Crippen LogP contribution in [-0.2, 0) is 0 Å². The zero-order valence-corrected chi connectivity index (χ0v) is 9.25. The van der Waals surface area contributed by atoms with Crippen LogP contribution < -0.4 is 10.1 Å². The predicted molar refractivity (Wildman–Crippen MR) is 63.0 cm³/mol. The van der Waals surface area contributed by atoms with Gasteiger partial charge in [0.15, 0.2) is 11.6 Å². The minimum absolute atomic E-state index is 0.246. The Morgan fingerprint density at radius 2 is 2.00 bits per heavy atom. The van der Waals surface area contributed by atoms with Crippen molar-refractivity contribution in [2.75, 3.05) is 12.4 Å². The molecule has 2 heterocycles. The Hall–Kier alpha value is -2.43. The molecule has 0 aliphatic carbocycles. The molecule has 17 heavy (non-hydrogen) atoms. The maximum Gasteiger partial charge on any atom is 0.257 e. The van der Waals surface area contributed by atoms with E-state index in [9.17, 15) is 4.79 Å². The molecular formula is C12H11N3O2. The molecule has 2 aromatic heterocycles. The summed E-state index contributed by atoms with van der Waals surface area (Å²) in [6.45, 7) is 0. The number of nitrogens with zero attached hydrogens (tertiary/aromatic N) is 2. The highest BCUT2D eigenvalue weighted by atomic mass is 16.5. The van der Waals surface area contributed by atoms with Gasteiger partial charge in [0, 0.05) is 24.2 Å². The molecular weight excluding hydrogens is 218 g/mol. The topological polar surface area (TPSA) is 64.1 Å². The highest BCUT2D eigenvalue weighted by Crippen LogP contribution is 2.20. The van der Waals surface area contributed by atoms with Crippen LogP contribution in [0.25, 0.3) is 0 Å². The van der Waals surface area contributed by atoms with E-state index in [2.05, 4.69) is 15.3 Å². The second-order valence-electron chi connectivity index (χ2n) is 3.24. The summed E-state index contributed by atoms with van der Waals surface area (Å²) >= 11 is 0. The van der Waals surface area contributed by atoms with E-state index in [0.717, 1.165) is 0 Å². The molecule has 0 aliphatic heterocycles. The van der Waals surface area contributed by atoms with Crippen molar-refractivity contribution in [1.29, 1.82) is 0 Å². The average Bonchev–Trinajstić information content (AvgIpc) is 2.40. The number of carbonyl (C=O) groups is 1. The Kier molecular flexibility index (Phi) is 3.30. The number of carbonyl (C=O) groups excluding carboxylic acids is 1. The summed E-state index contributed by atoms with van der Waals surface area (Å²) in [7, 11) is 1.53. The number of aromatic nitrogens is 2. The van der Waals surface area contributed by atoms with Gasteiger partial charge in [-0.3, -0.25) is 9.78 Å². The molecule has 0 saturated heterocycles. The minimum atomic E-state index is -0.246. The van der Waals surface area contributed by atoms with Crippen molar-refractivity contribution in [1.82, 2.24) is 9.97 Å². The summed E-state index contributed by atoms with van der Waals surface area (Å²) in [4.78, 5) is 19.7. The van der Waals surface area contributed by atoms with Gasteiger partial charge in [0.1, 0.15) is 0 Å². The first-order chi connectivity index (χ1) is 8.31. The number of pyridine rings is 2. The largest absolute Gasteiger partial charge is 0.493 e. The summed E-state index contributed by atoms with van der Waals surface area (Å²) in [6, 6.07) is 6.73. The van der Waals surface area contributed by atoms with Gasteiger partial charge in [-0.15, -0.1) is 0 Å². The van der Waals surface area contributed by atoms with Crippen LogP contribution in [0.3, 0.4) is 0 Å².